The van der Waals surface area contributed by atoms with E-state index in [0.29, 0.717) is 23.8 Å². The molecule has 5 nitrogen and oxygen atoms in total. The highest BCUT2D eigenvalue weighted by molar-refractivity contribution is 6.03. The number of carbonyl (C=O) groups is 1. The van der Waals surface area contributed by atoms with Gasteiger partial charge in [0.25, 0.3) is 5.91 Å². The van der Waals surface area contributed by atoms with Crippen LogP contribution in [0.5, 0.6) is 11.5 Å². The topological polar surface area (TPSA) is 60.7 Å². The first-order valence-corrected chi connectivity index (χ1v) is 8.06. The fraction of sp³-hybridized carbons (Fsp3) is 0.150. The molecular formula is C20H19NO4. The number of furan rings is 1. The van der Waals surface area contributed by atoms with E-state index in [0.717, 1.165) is 5.75 Å². The first-order valence-electron chi connectivity index (χ1n) is 8.06. The second-order valence-electron chi connectivity index (χ2n) is 5.25. The molecular weight excluding hydrogens is 318 g/mol. The summed E-state index contributed by atoms with van der Waals surface area (Å²) in [6, 6.07) is 20.1. The third kappa shape index (κ3) is 4.41. The zero-order valence-electron chi connectivity index (χ0n) is 13.9. The van der Waals surface area contributed by atoms with Gasteiger partial charge < -0.3 is 19.2 Å². The normalized spacial score (nSPS) is 10.3. The summed E-state index contributed by atoms with van der Waals surface area (Å²) < 4.78 is 16.7. The second-order valence-corrected chi connectivity index (χ2v) is 5.25. The number of ether oxygens (including phenoxy) is 2. The van der Waals surface area contributed by atoms with Crippen LogP contribution in [0.15, 0.2) is 71.1 Å². The van der Waals surface area contributed by atoms with Crippen LogP contribution in [-0.2, 0) is 6.61 Å². The van der Waals surface area contributed by atoms with Gasteiger partial charge in [0.1, 0.15) is 23.9 Å². The van der Waals surface area contributed by atoms with Crippen LogP contribution in [0, 0.1) is 0 Å². The monoisotopic (exact) mass is 337 g/mol. The number of nitrogens with one attached hydrogen (secondary N) is 1. The van der Waals surface area contributed by atoms with Crippen LogP contribution in [0.1, 0.15) is 23.2 Å². The summed E-state index contributed by atoms with van der Waals surface area (Å²) in [5, 5.41) is 2.80. The first kappa shape index (κ1) is 16.6. The molecule has 0 unspecified atom stereocenters. The van der Waals surface area contributed by atoms with E-state index in [1.807, 2.05) is 49.4 Å². The smallest absolute Gasteiger partial charge is 0.291 e. The van der Waals surface area contributed by atoms with Crippen molar-refractivity contribution in [3.8, 4) is 11.5 Å². The zero-order valence-corrected chi connectivity index (χ0v) is 13.9. The van der Waals surface area contributed by atoms with Crippen molar-refractivity contribution in [2.75, 3.05) is 11.9 Å². The van der Waals surface area contributed by atoms with Crippen LogP contribution in [0.25, 0.3) is 0 Å². The van der Waals surface area contributed by atoms with Gasteiger partial charge in [-0.3, -0.25) is 4.79 Å². The van der Waals surface area contributed by atoms with Gasteiger partial charge in [0.05, 0.1) is 12.3 Å². The third-order valence-corrected chi connectivity index (χ3v) is 3.44. The van der Waals surface area contributed by atoms with E-state index in [1.54, 1.807) is 24.3 Å². The number of anilines is 1. The average Bonchev–Trinajstić information content (AvgIpc) is 3.12. The van der Waals surface area contributed by atoms with Gasteiger partial charge >= 0.3 is 0 Å². The maximum absolute atomic E-state index is 12.4. The Morgan fingerprint density at radius 2 is 1.72 bits per heavy atom. The van der Waals surface area contributed by atoms with Gasteiger partial charge in [-0.15, -0.1) is 0 Å². The Kier molecular flexibility index (Phi) is 5.36. The van der Waals surface area contributed by atoms with E-state index in [4.69, 9.17) is 13.9 Å². The van der Waals surface area contributed by atoms with E-state index in [-0.39, 0.29) is 18.3 Å². The number of para-hydroxylation sites is 3. The fourth-order valence-electron chi connectivity index (χ4n) is 2.28. The van der Waals surface area contributed by atoms with Gasteiger partial charge in [0.2, 0.25) is 0 Å². The summed E-state index contributed by atoms with van der Waals surface area (Å²) in [6.45, 7) is 2.67. The molecule has 5 heteroatoms. The van der Waals surface area contributed by atoms with Gasteiger partial charge in [0.15, 0.2) is 5.76 Å². The Balaban J connectivity index is 1.63. The first-order chi connectivity index (χ1) is 12.3. The van der Waals surface area contributed by atoms with Crippen LogP contribution in [-0.4, -0.2) is 12.5 Å². The molecule has 0 atom stereocenters. The Labute approximate surface area is 146 Å². The van der Waals surface area contributed by atoms with Crippen LogP contribution in [0.3, 0.4) is 0 Å². The molecule has 0 saturated carbocycles. The molecule has 0 bridgehead atoms. The van der Waals surface area contributed by atoms with Crippen molar-refractivity contribution < 1.29 is 18.7 Å². The van der Waals surface area contributed by atoms with Crippen LogP contribution >= 0.6 is 0 Å². The lowest BCUT2D eigenvalue weighted by molar-refractivity contribution is 0.0992. The molecule has 1 heterocycles. The molecule has 2 aromatic carbocycles. The van der Waals surface area contributed by atoms with E-state index < -0.39 is 0 Å². The van der Waals surface area contributed by atoms with Crippen molar-refractivity contribution in [3.63, 3.8) is 0 Å². The largest absolute Gasteiger partial charge is 0.492 e. The summed E-state index contributed by atoms with van der Waals surface area (Å²) in [4.78, 5) is 12.4. The van der Waals surface area contributed by atoms with E-state index in [1.165, 1.54) is 0 Å². The number of rotatable bonds is 7. The molecule has 1 amide bonds. The molecule has 0 aliphatic rings. The van der Waals surface area contributed by atoms with Gasteiger partial charge in [-0.25, -0.2) is 0 Å². The summed E-state index contributed by atoms with van der Waals surface area (Å²) >= 11 is 0. The summed E-state index contributed by atoms with van der Waals surface area (Å²) in [5.41, 5.74) is 0.604. The average molecular weight is 337 g/mol. The predicted octanol–water partition coefficient (Wildman–Crippen LogP) is 4.51. The molecule has 25 heavy (non-hydrogen) atoms. The highest BCUT2D eigenvalue weighted by atomic mass is 16.5. The molecule has 1 aromatic heterocycles. The second kappa shape index (κ2) is 8.06. The molecule has 0 spiro atoms. The van der Waals surface area contributed by atoms with Gasteiger partial charge in [0, 0.05) is 0 Å². The van der Waals surface area contributed by atoms with E-state index >= 15 is 0 Å². The highest BCUT2D eigenvalue weighted by Crippen LogP contribution is 2.24. The molecule has 0 saturated heterocycles. The van der Waals surface area contributed by atoms with Crippen molar-refractivity contribution >= 4 is 11.6 Å². The zero-order chi connectivity index (χ0) is 17.5. The molecule has 1 N–H and O–H groups in total. The number of amides is 1. The quantitative estimate of drug-likeness (QED) is 0.689. The molecule has 128 valence electrons. The van der Waals surface area contributed by atoms with Crippen molar-refractivity contribution in [2.24, 2.45) is 0 Å². The van der Waals surface area contributed by atoms with Crippen molar-refractivity contribution in [1.29, 1.82) is 0 Å². The fourth-order valence-corrected chi connectivity index (χ4v) is 2.28. The summed E-state index contributed by atoms with van der Waals surface area (Å²) in [6.07, 6.45) is 0. The molecule has 0 fully saturated rings. The van der Waals surface area contributed by atoms with Crippen LogP contribution in [0.2, 0.25) is 0 Å². The minimum Gasteiger partial charge on any atom is -0.492 e. The third-order valence-electron chi connectivity index (χ3n) is 3.44. The highest BCUT2D eigenvalue weighted by Gasteiger charge is 2.14. The van der Waals surface area contributed by atoms with Crippen molar-refractivity contribution in [2.45, 2.75) is 13.5 Å². The molecule has 3 rings (SSSR count). The van der Waals surface area contributed by atoms with Crippen molar-refractivity contribution in [3.05, 3.63) is 78.3 Å². The minimum atomic E-state index is -0.335. The van der Waals surface area contributed by atoms with E-state index in [2.05, 4.69) is 5.32 Å². The Hall–Kier alpha value is -3.21. The lowest BCUT2D eigenvalue weighted by Crippen LogP contribution is -2.12. The Morgan fingerprint density at radius 3 is 2.52 bits per heavy atom. The van der Waals surface area contributed by atoms with Crippen molar-refractivity contribution in [1.82, 2.24) is 0 Å². The van der Waals surface area contributed by atoms with Gasteiger partial charge in [-0.05, 0) is 43.3 Å². The lowest BCUT2D eigenvalue weighted by atomic mass is 10.3. The van der Waals surface area contributed by atoms with Gasteiger partial charge in [-0.2, -0.15) is 0 Å². The standard InChI is InChI=1S/C20H19NO4/c1-2-23-18-11-7-6-10-17(18)21-20(22)19-13-12-16(25-19)14-24-15-8-4-3-5-9-15/h3-13H,2,14H2,1H3,(H,21,22). The maximum atomic E-state index is 12.4. The number of carbonyl (C=O) groups excluding carboxylic acids is 1. The molecule has 0 aliphatic heterocycles. The SMILES string of the molecule is CCOc1ccccc1NC(=O)c1ccc(COc2ccccc2)o1. The number of hydrogen-bond donors (Lipinski definition) is 1. The van der Waals surface area contributed by atoms with Gasteiger partial charge in [-0.1, -0.05) is 30.3 Å². The Bertz CT molecular complexity index is 826. The molecule has 0 radical (unpaired) electrons. The maximum Gasteiger partial charge on any atom is 0.291 e. The predicted molar refractivity (Wildman–Crippen MR) is 95.0 cm³/mol. The Morgan fingerprint density at radius 1 is 0.960 bits per heavy atom. The van der Waals surface area contributed by atoms with Crippen LogP contribution in [0.4, 0.5) is 5.69 Å². The summed E-state index contributed by atoms with van der Waals surface area (Å²) in [5.74, 6) is 1.83. The lowest BCUT2D eigenvalue weighted by Gasteiger charge is -2.10. The molecule has 3 aromatic rings. The van der Waals surface area contributed by atoms with E-state index in [9.17, 15) is 4.79 Å². The number of benzene rings is 2. The number of hydrogen-bond acceptors (Lipinski definition) is 4. The van der Waals surface area contributed by atoms with Crippen LogP contribution < -0.4 is 14.8 Å². The summed E-state index contributed by atoms with van der Waals surface area (Å²) in [7, 11) is 0. The minimum absolute atomic E-state index is 0.220. The molecule has 0 aliphatic carbocycles.